The average molecular weight is 561 g/mol. The summed E-state index contributed by atoms with van der Waals surface area (Å²) in [6.07, 6.45) is 3.10. The number of fused-ring (bicyclic) bond motifs is 1. The highest BCUT2D eigenvalue weighted by atomic mass is 16.5. The molecule has 3 N–H and O–H groups in total. The number of aromatic nitrogens is 1. The second kappa shape index (κ2) is 12.7. The minimum absolute atomic E-state index is 0.167. The highest BCUT2D eigenvalue weighted by Crippen LogP contribution is 2.36. The van der Waals surface area contributed by atoms with Gasteiger partial charge in [-0.15, -0.1) is 0 Å². The minimum atomic E-state index is -0.647. The maximum absolute atomic E-state index is 13.4. The number of nitrogens with one attached hydrogen (secondary N) is 1. The molecule has 4 aromatic rings. The van der Waals surface area contributed by atoms with E-state index in [1.54, 1.807) is 47.6 Å². The van der Waals surface area contributed by atoms with Crippen LogP contribution < -0.4 is 15.2 Å². The number of aromatic amines is 1. The van der Waals surface area contributed by atoms with Gasteiger partial charge in [-0.3, -0.25) is 14.4 Å². The van der Waals surface area contributed by atoms with Crippen LogP contribution in [-0.4, -0.2) is 92.0 Å². The molecule has 1 aliphatic heterocycles. The summed E-state index contributed by atoms with van der Waals surface area (Å²) in [5.74, 6) is 0.217. The molecule has 214 valence electrons. The molecule has 1 saturated heterocycles. The fourth-order valence-electron chi connectivity index (χ4n) is 4.88. The molecule has 11 heteroatoms. The van der Waals surface area contributed by atoms with E-state index in [1.165, 1.54) is 18.2 Å². The van der Waals surface area contributed by atoms with E-state index in [0.29, 0.717) is 73.2 Å². The number of methoxy groups -OCH3 is 1. The van der Waals surface area contributed by atoms with E-state index >= 15 is 0 Å². The van der Waals surface area contributed by atoms with Gasteiger partial charge in [0.2, 0.25) is 0 Å². The standard InChI is InChI=1S/C30H32N4O7/c1-38-25-8-7-22(24-6-3-14-41-24)27-26(25)23(19-32-27)28(35)30(37)34-12-10-33(11-13-34)29(36)20-4-2-5-21(18-20)40-17-16-39-15-9-31/h2-8,14,18-19,32H,9-13,15-17,31H2,1H3. The molecule has 0 unspecified atom stereocenters. The zero-order valence-electron chi connectivity index (χ0n) is 22.8. The van der Waals surface area contributed by atoms with E-state index in [0.717, 1.165) is 5.56 Å². The van der Waals surface area contributed by atoms with Crippen LogP contribution in [0.1, 0.15) is 20.7 Å². The van der Waals surface area contributed by atoms with Crippen molar-refractivity contribution >= 4 is 28.5 Å². The second-order valence-corrected chi connectivity index (χ2v) is 9.44. The molecule has 0 radical (unpaired) electrons. The van der Waals surface area contributed by atoms with Crippen LogP contribution in [0.4, 0.5) is 0 Å². The Bertz CT molecular complexity index is 1520. The molecule has 41 heavy (non-hydrogen) atoms. The van der Waals surface area contributed by atoms with E-state index in [9.17, 15) is 14.4 Å². The number of ether oxygens (including phenoxy) is 3. The smallest absolute Gasteiger partial charge is 0.295 e. The molecule has 1 fully saturated rings. The molecular formula is C30H32N4O7. The second-order valence-electron chi connectivity index (χ2n) is 9.44. The van der Waals surface area contributed by atoms with Crippen molar-refractivity contribution in [3.8, 4) is 22.8 Å². The van der Waals surface area contributed by atoms with E-state index in [1.807, 2.05) is 12.1 Å². The fraction of sp³-hybridized carbons (Fsp3) is 0.300. The summed E-state index contributed by atoms with van der Waals surface area (Å²) in [7, 11) is 1.51. The lowest BCUT2D eigenvalue weighted by atomic mass is 10.0. The Balaban J connectivity index is 1.23. The summed E-state index contributed by atoms with van der Waals surface area (Å²) in [5.41, 5.74) is 7.50. The number of nitrogens with zero attached hydrogens (tertiary/aromatic N) is 2. The summed E-state index contributed by atoms with van der Waals surface area (Å²) in [4.78, 5) is 46.1. The lowest BCUT2D eigenvalue weighted by Gasteiger charge is -2.34. The number of Topliss-reactive ketones (excluding diaryl/α,β-unsaturated/α-hetero) is 1. The van der Waals surface area contributed by atoms with Gasteiger partial charge >= 0.3 is 0 Å². The molecule has 0 saturated carbocycles. The van der Waals surface area contributed by atoms with Gasteiger partial charge in [0.1, 0.15) is 23.9 Å². The Morgan fingerprint density at radius 3 is 2.51 bits per heavy atom. The molecule has 0 atom stereocenters. The van der Waals surface area contributed by atoms with Gasteiger partial charge in [-0.1, -0.05) is 6.07 Å². The molecule has 11 nitrogen and oxygen atoms in total. The number of furan rings is 1. The number of carbonyl (C=O) groups excluding carboxylic acids is 3. The summed E-state index contributed by atoms with van der Waals surface area (Å²) < 4.78 is 22.0. The van der Waals surface area contributed by atoms with Gasteiger partial charge in [-0.25, -0.2) is 0 Å². The van der Waals surface area contributed by atoms with Gasteiger partial charge in [-0.2, -0.15) is 0 Å². The van der Waals surface area contributed by atoms with Gasteiger partial charge in [-0.05, 0) is 42.5 Å². The van der Waals surface area contributed by atoms with Crippen molar-refractivity contribution in [1.29, 1.82) is 0 Å². The Morgan fingerprint density at radius 1 is 0.976 bits per heavy atom. The summed E-state index contributed by atoms with van der Waals surface area (Å²) >= 11 is 0. The van der Waals surface area contributed by atoms with Crippen molar-refractivity contribution < 1.29 is 33.0 Å². The highest BCUT2D eigenvalue weighted by Gasteiger charge is 2.31. The van der Waals surface area contributed by atoms with Crippen molar-refractivity contribution in [2.24, 2.45) is 5.73 Å². The van der Waals surface area contributed by atoms with Crippen molar-refractivity contribution in [3.63, 3.8) is 0 Å². The van der Waals surface area contributed by atoms with Crippen molar-refractivity contribution in [3.05, 3.63) is 72.1 Å². The van der Waals surface area contributed by atoms with Crippen LogP contribution in [0.2, 0.25) is 0 Å². The number of ketones is 1. The van der Waals surface area contributed by atoms with Gasteiger partial charge in [0.25, 0.3) is 17.6 Å². The fourth-order valence-corrected chi connectivity index (χ4v) is 4.88. The summed E-state index contributed by atoms with van der Waals surface area (Å²) in [6.45, 7) is 2.74. The first-order chi connectivity index (χ1) is 20.0. The minimum Gasteiger partial charge on any atom is -0.496 e. The molecule has 3 heterocycles. The van der Waals surface area contributed by atoms with Crippen LogP contribution in [0.15, 0.2) is 65.4 Å². The lowest BCUT2D eigenvalue weighted by Crippen LogP contribution is -2.52. The topological polar surface area (TPSA) is 140 Å². The Hall–Kier alpha value is -4.61. The maximum Gasteiger partial charge on any atom is 0.295 e. The lowest BCUT2D eigenvalue weighted by molar-refractivity contribution is -0.127. The largest absolute Gasteiger partial charge is 0.496 e. The van der Waals surface area contributed by atoms with E-state index in [4.69, 9.17) is 24.4 Å². The number of H-pyrrole nitrogens is 1. The van der Waals surface area contributed by atoms with Gasteiger partial charge in [0, 0.05) is 50.0 Å². The van der Waals surface area contributed by atoms with Crippen molar-refractivity contribution in [2.45, 2.75) is 0 Å². The number of nitrogens with two attached hydrogens (primary N) is 1. The average Bonchev–Trinajstić information content (AvgIpc) is 3.71. The van der Waals surface area contributed by atoms with Gasteiger partial charge in [0.15, 0.2) is 0 Å². The molecule has 2 aromatic heterocycles. The normalized spacial score (nSPS) is 13.4. The molecule has 1 aliphatic rings. The number of benzene rings is 2. The molecule has 2 amide bonds. The van der Waals surface area contributed by atoms with Gasteiger partial charge in [0.05, 0.1) is 43.1 Å². The number of hydrogen-bond acceptors (Lipinski definition) is 8. The Morgan fingerprint density at radius 2 is 1.78 bits per heavy atom. The van der Waals surface area contributed by atoms with Crippen molar-refractivity contribution in [1.82, 2.24) is 14.8 Å². The first-order valence-electron chi connectivity index (χ1n) is 13.4. The highest BCUT2D eigenvalue weighted by molar-refractivity contribution is 6.45. The zero-order chi connectivity index (χ0) is 28.8. The zero-order valence-corrected chi connectivity index (χ0v) is 22.8. The predicted molar refractivity (Wildman–Crippen MR) is 151 cm³/mol. The molecule has 0 bridgehead atoms. The molecule has 0 spiro atoms. The van der Waals surface area contributed by atoms with Gasteiger partial charge < -0.3 is 39.1 Å². The Labute approximate surface area is 236 Å². The number of hydrogen-bond donors (Lipinski definition) is 2. The van der Waals surface area contributed by atoms with E-state index in [-0.39, 0.29) is 24.6 Å². The molecule has 5 rings (SSSR count). The third kappa shape index (κ3) is 5.96. The number of rotatable bonds is 11. The van der Waals surface area contributed by atoms with Crippen LogP contribution in [0.25, 0.3) is 22.2 Å². The van der Waals surface area contributed by atoms with Crippen molar-refractivity contribution in [2.75, 3.05) is 59.7 Å². The Kier molecular flexibility index (Phi) is 8.66. The van der Waals surface area contributed by atoms with E-state index in [2.05, 4.69) is 4.98 Å². The number of amides is 2. The van der Waals surface area contributed by atoms with Crippen LogP contribution in [0.3, 0.4) is 0 Å². The summed E-state index contributed by atoms with van der Waals surface area (Å²) in [6, 6.07) is 14.1. The van der Waals surface area contributed by atoms with Crippen LogP contribution >= 0.6 is 0 Å². The summed E-state index contributed by atoms with van der Waals surface area (Å²) in [5, 5.41) is 0.515. The first-order valence-corrected chi connectivity index (χ1v) is 13.4. The number of carbonyl (C=O) groups is 3. The van der Waals surface area contributed by atoms with Crippen LogP contribution in [0, 0.1) is 0 Å². The predicted octanol–water partition coefficient (Wildman–Crippen LogP) is 2.96. The number of piperazine rings is 1. The third-order valence-electron chi connectivity index (χ3n) is 6.94. The molecule has 2 aromatic carbocycles. The SMILES string of the molecule is COc1ccc(-c2ccco2)c2[nH]cc(C(=O)C(=O)N3CCN(C(=O)c4cccc(OCCOCCN)c4)CC3)c12. The van der Waals surface area contributed by atoms with Crippen LogP contribution in [-0.2, 0) is 9.53 Å². The maximum atomic E-state index is 13.4. The van der Waals surface area contributed by atoms with Crippen LogP contribution in [0.5, 0.6) is 11.5 Å². The molecular weight excluding hydrogens is 528 g/mol. The monoisotopic (exact) mass is 560 g/mol. The quantitative estimate of drug-likeness (QED) is 0.162. The molecule has 0 aliphatic carbocycles. The van der Waals surface area contributed by atoms with E-state index < -0.39 is 11.7 Å². The first kappa shape index (κ1) is 27.9. The third-order valence-corrected chi connectivity index (χ3v) is 6.94.